The van der Waals surface area contributed by atoms with Crippen LogP contribution in [0.2, 0.25) is 0 Å². The number of aliphatic hydroxyl groups excluding tert-OH is 2. The molecular formula is C20H31NO5. The molecule has 1 aliphatic rings. The standard InChI is InChI=1S/C20H31NO5/c1-25-12-4-10-20(15-22)14-21(11-9-18(20)23)19(24)8-7-16-5-3-6-17(13-16)26-2/h3,5-6,13,18,22-23H,4,7-12,14-15H2,1-2H3/t18-,20+/m1/s1. The maximum Gasteiger partial charge on any atom is 0.222 e. The van der Waals surface area contributed by atoms with Crippen molar-refractivity contribution in [2.75, 3.05) is 40.5 Å². The summed E-state index contributed by atoms with van der Waals surface area (Å²) in [6, 6.07) is 7.73. The zero-order valence-electron chi connectivity index (χ0n) is 15.8. The lowest BCUT2D eigenvalue weighted by molar-refractivity contribution is -0.142. The number of likely N-dealkylation sites (tertiary alicyclic amines) is 1. The Balaban J connectivity index is 1.95. The van der Waals surface area contributed by atoms with Gasteiger partial charge in [-0.15, -0.1) is 0 Å². The Bertz CT molecular complexity index is 579. The Morgan fingerprint density at radius 2 is 2.19 bits per heavy atom. The summed E-state index contributed by atoms with van der Waals surface area (Å²) in [5.41, 5.74) is 0.408. The summed E-state index contributed by atoms with van der Waals surface area (Å²) in [6.07, 6.45) is 2.34. The van der Waals surface area contributed by atoms with Crippen LogP contribution >= 0.6 is 0 Å². The SMILES string of the molecule is COCCC[C@@]1(CO)CN(C(=O)CCc2cccc(OC)c2)CC[C@H]1O. The van der Waals surface area contributed by atoms with Crippen LogP contribution in [0.1, 0.15) is 31.2 Å². The number of nitrogens with zero attached hydrogens (tertiary/aromatic N) is 1. The van der Waals surface area contributed by atoms with E-state index >= 15 is 0 Å². The van der Waals surface area contributed by atoms with E-state index in [9.17, 15) is 15.0 Å². The molecule has 1 fully saturated rings. The van der Waals surface area contributed by atoms with Crippen LogP contribution in [0.3, 0.4) is 0 Å². The highest BCUT2D eigenvalue weighted by Crippen LogP contribution is 2.35. The highest BCUT2D eigenvalue weighted by atomic mass is 16.5. The Morgan fingerprint density at radius 3 is 2.88 bits per heavy atom. The average Bonchev–Trinajstić information content (AvgIpc) is 2.68. The van der Waals surface area contributed by atoms with Gasteiger partial charge in [0.15, 0.2) is 0 Å². The average molecular weight is 365 g/mol. The van der Waals surface area contributed by atoms with Gasteiger partial charge in [0.25, 0.3) is 0 Å². The summed E-state index contributed by atoms with van der Waals surface area (Å²) in [6.45, 7) is 1.38. The third kappa shape index (κ3) is 5.19. The number of hydrogen-bond donors (Lipinski definition) is 2. The van der Waals surface area contributed by atoms with Crippen molar-refractivity contribution in [2.24, 2.45) is 5.41 Å². The first-order valence-electron chi connectivity index (χ1n) is 9.23. The fraction of sp³-hybridized carbons (Fsp3) is 0.650. The minimum atomic E-state index is -0.650. The Labute approximate surface area is 155 Å². The van der Waals surface area contributed by atoms with Gasteiger partial charge in [-0.2, -0.15) is 0 Å². The molecule has 1 heterocycles. The molecule has 1 saturated heterocycles. The smallest absolute Gasteiger partial charge is 0.222 e. The van der Waals surface area contributed by atoms with Crippen molar-refractivity contribution in [1.82, 2.24) is 4.90 Å². The minimum absolute atomic E-state index is 0.0595. The summed E-state index contributed by atoms with van der Waals surface area (Å²) >= 11 is 0. The number of rotatable bonds is 9. The number of amides is 1. The highest BCUT2D eigenvalue weighted by molar-refractivity contribution is 5.76. The van der Waals surface area contributed by atoms with Crippen molar-refractivity contribution in [3.8, 4) is 5.75 Å². The molecule has 6 heteroatoms. The van der Waals surface area contributed by atoms with Crippen LogP contribution in [0.4, 0.5) is 0 Å². The lowest BCUT2D eigenvalue weighted by Gasteiger charge is -2.45. The van der Waals surface area contributed by atoms with Crippen molar-refractivity contribution < 1.29 is 24.5 Å². The predicted molar refractivity (Wildman–Crippen MR) is 99.1 cm³/mol. The Kier molecular flexibility index (Phi) is 7.87. The molecule has 2 N–H and O–H groups in total. The van der Waals surface area contributed by atoms with E-state index in [1.54, 1.807) is 19.1 Å². The predicted octanol–water partition coefficient (Wildman–Crippen LogP) is 1.63. The molecule has 1 aromatic carbocycles. The van der Waals surface area contributed by atoms with Gasteiger partial charge in [-0.05, 0) is 43.4 Å². The van der Waals surface area contributed by atoms with Gasteiger partial charge in [0.2, 0.25) is 5.91 Å². The maximum atomic E-state index is 12.7. The van der Waals surface area contributed by atoms with E-state index in [1.807, 2.05) is 24.3 Å². The molecule has 0 unspecified atom stereocenters. The second-order valence-electron chi connectivity index (χ2n) is 7.09. The Morgan fingerprint density at radius 1 is 1.38 bits per heavy atom. The summed E-state index contributed by atoms with van der Waals surface area (Å²) in [4.78, 5) is 14.5. The number of aryl methyl sites for hydroxylation is 1. The summed E-state index contributed by atoms with van der Waals surface area (Å²) < 4.78 is 10.3. The largest absolute Gasteiger partial charge is 0.497 e. The van der Waals surface area contributed by atoms with Gasteiger partial charge in [0.1, 0.15) is 5.75 Å². The van der Waals surface area contributed by atoms with E-state index in [0.717, 1.165) is 17.7 Å². The van der Waals surface area contributed by atoms with Gasteiger partial charge in [-0.25, -0.2) is 0 Å². The lowest BCUT2D eigenvalue weighted by Crippen LogP contribution is -2.55. The van der Waals surface area contributed by atoms with Gasteiger partial charge in [-0.1, -0.05) is 12.1 Å². The molecular weight excluding hydrogens is 334 g/mol. The first kappa shape index (κ1) is 20.7. The zero-order valence-corrected chi connectivity index (χ0v) is 15.8. The van der Waals surface area contributed by atoms with Crippen LogP contribution in [0, 0.1) is 5.41 Å². The summed E-state index contributed by atoms with van der Waals surface area (Å²) in [5.74, 6) is 0.845. The zero-order chi connectivity index (χ0) is 19.0. The third-order valence-corrected chi connectivity index (χ3v) is 5.34. The quantitative estimate of drug-likeness (QED) is 0.650. The molecule has 0 bridgehead atoms. The van der Waals surface area contributed by atoms with Crippen LogP contribution in [0.15, 0.2) is 24.3 Å². The number of hydrogen-bond acceptors (Lipinski definition) is 5. The van der Waals surface area contributed by atoms with E-state index in [-0.39, 0.29) is 12.5 Å². The monoisotopic (exact) mass is 365 g/mol. The molecule has 2 atom stereocenters. The molecule has 0 aliphatic carbocycles. The molecule has 0 spiro atoms. The van der Waals surface area contributed by atoms with E-state index in [0.29, 0.717) is 45.4 Å². The molecule has 26 heavy (non-hydrogen) atoms. The topological polar surface area (TPSA) is 79.2 Å². The van der Waals surface area contributed by atoms with Crippen LogP contribution in [0.25, 0.3) is 0 Å². The number of carbonyl (C=O) groups is 1. The summed E-state index contributed by atoms with van der Waals surface area (Å²) in [7, 11) is 3.26. The molecule has 0 radical (unpaired) electrons. The number of carbonyl (C=O) groups excluding carboxylic acids is 1. The highest BCUT2D eigenvalue weighted by Gasteiger charge is 2.43. The number of piperidine rings is 1. The minimum Gasteiger partial charge on any atom is -0.497 e. The summed E-state index contributed by atoms with van der Waals surface area (Å²) in [5, 5.41) is 20.4. The lowest BCUT2D eigenvalue weighted by atomic mass is 9.74. The molecule has 0 saturated carbocycles. The molecule has 6 nitrogen and oxygen atoms in total. The van der Waals surface area contributed by atoms with E-state index in [4.69, 9.17) is 9.47 Å². The second-order valence-corrected chi connectivity index (χ2v) is 7.09. The molecule has 1 aromatic rings. The Hall–Kier alpha value is -1.63. The maximum absolute atomic E-state index is 12.7. The van der Waals surface area contributed by atoms with E-state index in [1.165, 1.54) is 0 Å². The van der Waals surface area contributed by atoms with Gasteiger partial charge < -0.3 is 24.6 Å². The fourth-order valence-electron chi connectivity index (χ4n) is 3.65. The number of methoxy groups -OCH3 is 2. The van der Waals surface area contributed by atoms with Crippen LogP contribution in [-0.2, 0) is 16.0 Å². The molecule has 1 amide bonds. The first-order chi connectivity index (χ1) is 12.5. The normalized spacial score (nSPS) is 23.1. The molecule has 2 rings (SSSR count). The number of ether oxygens (including phenoxy) is 2. The third-order valence-electron chi connectivity index (χ3n) is 5.34. The second kappa shape index (κ2) is 9.90. The van der Waals surface area contributed by atoms with Crippen molar-refractivity contribution in [2.45, 2.75) is 38.2 Å². The van der Waals surface area contributed by atoms with Gasteiger partial charge in [0, 0.05) is 38.6 Å². The number of aliphatic hydroxyl groups is 2. The van der Waals surface area contributed by atoms with Gasteiger partial charge >= 0.3 is 0 Å². The van der Waals surface area contributed by atoms with E-state index in [2.05, 4.69) is 0 Å². The van der Waals surface area contributed by atoms with Crippen molar-refractivity contribution in [1.29, 1.82) is 0 Å². The van der Waals surface area contributed by atoms with Crippen molar-refractivity contribution >= 4 is 5.91 Å². The molecule has 0 aromatic heterocycles. The molecule has 146 valence electrons. The van der Waals surface area contributed by atoms with Crippen LogP contribution in [-0.4, -0.2) is 67.6 Å². The number of benzene rings is 1. The van der Waals surface area contributed by atoms with E-state index < -0.39 is 11.5 Å². The van der Waals surface area contributed by atoms with Crippen LogP contribution in [0.5, 0.6) is 5.75 Å². The fourth-order valence-corrected chi connectivity index (χ4v) is 3.65. The molecule has 1 aliphatic heterocycles. The van der Waals surface area contributed by atoms with Crippen molar-refractivity contribution in [3.63, 3.8) is 0 Å². The van der Waals surface area contributed by atoms with Gasteiger partial charge in [-0.3, -0.25) is 4.79 Å². The van der Waals surface area contributed by atoms with Crippen LogP contribution < -0.4 is 4.74 Å². The van der Waals surface area contributed by atoms with Gasteiger partial charge in [0.05, 0.1) is 19.8 Å². The van der Waals surface area contributed by atoms with Crippen molar-refractivity contribution in [3.05, 3.63) is 29.8 Å². The first-order valence-corrected chi connectivity index (χ1v) is 9.23.